The first-order chi connectivity index (χ1) is 15.4. The van der Waals surface area contributed by atoms with E-state index in [4.69, 9.17) is 14.2 Å². The number of benzene rings is 2. The molecule has 0 bridgehead atoms. The highest BCUT2D eigenvalue weighted by atomic mass is 16.5. The standard InChI is InChI=1S/C25H25NO6/c1-16-23(18(3)27)17(2)26-24(16)21(28)15-32-25(29)20-11-7-8-12-22(20)31-14-13-30-19-9-5-4-6-10-19/h4-12,26H,13-15H2,1-3H3. The Bertz CT molecular complexity index is 1120. The molecule has 3 aromatic rings. The number of aromatic nitrogens is 1. The molecule has 0 aliphatic rings. The number of carbonyl (C=O) groups is 3. The number of para-hydroxylation sites is 2. The topological polar surface area (TPSA) is 94.7 Å². The van der Waals surface area contributed by atoms with E-state index >= 15 is 0 Å². The van der Waals surface area contributed by atoms with Gasteiger partial charge in [-0.3, -0.25) is 9.59 Å². The van der Waals surface area contributed by atoms with E-state index in [0.29, 0.717) is 29.2 Å². The Labute approximate surface area is 186 Å². The molecule has 3 rings (SSSR count). The van der Waals surface area contributed by atoms with E-state index in [2.05, 4.69) is 4.98 Å². The van der Waals surface area contributed by atoms with Crippen LogP contribution in [0.3, 0.4) is 0 Å². The molecule has 0 radical (unpaired) electrons. The van der Waals surface area contributed by atoms with Gasteiger partial charge in [0.15, 0.2) is 12.4 Å². The van der Waals surface area contributed by atoms with Crippen molar-refractivity contribution in [2.45, 2.75) is 20.8 Å². The van der Waals surface area contributed by atoms with Crippen LogP contribution in [0.15, 0.2) is 54.6 Å². The van der Waals surface area contributed by atoms with Crippen molar-refractivity contribution in [3.63, 3.8) is 0 Å². The summed E-state index contributed by atoms with van der Waals surface area (Å²) in [5.74, 6) is -0.154. The fraction of sp³-hybridized carbons (Fsp3) is 0.240. The van der Waals surface area contributed by atoms with Crippen molar-refractivity contribution >= 4 is 17.5 Å². The molecule has 0 fully saturated rings. The lowest BCUT2D eigenvalue weighted by Gasteiger charge is -2.12. The fourth-order valence-corrected chi connectivity index (χ4v) is 3.43. The van der Waals surface area contributed by atoms with Crippen molar-refractivity contribution in [2.75, 3.05) is 19.8 Å². The predicted octanol–water partition coefficient (Wildman–Crippen LogP) is 4.33. The molecule has 0 saturated heterocycles. The summed E-state index contributed by atoms with van der Waals surface area (Å²) in [7, 11) is 0. The fourth-order valence-electron chi connectivity index (χ4n) is 3.43. The lowest BCUT2D eigenvalue weighted by Crippen LogP contribution is -2.17. The Morgan fingerprint density at radius 2 is 1.53 bits per heavy atom. The van der Waals surface area contributed by atoms with Gasteiger partial charge in [-0.15, -0.1) is 0 Å². The van der Waals surface area contributed by atoms with Gasteiger partial charge in [0, 0.05) is 11.3 Å². The number of nitrogens with one attached hydrogen (secondary N) is 1. The Morgan fingerprint density at radius 1 is 0.875 bits per heavy atom. The highest BCUT2D eigenvalue weighted by Gasteiger charge is 2.22. The predicted molar refractivity (Wildman–Crippen MR) is 119 cm³/mol. The van der Waals surface area contributed by atoms with E-state index < -0.39 is 18.4 Å². The highest BCUT2D eigenvalue weighted by Crippen LogP contribution is 2.21. The van der Waals surface area contributed by atoms with Crippen molar-refractivity contribution in [1.82, 2.24) is 4.98 Å². The van der Waals surface area contributed by atoms with Gasteiger partial charge in [-0.05, 0) is 50.6 Å². The second-order valence-electron chi connectivity index (χ2n) is 7.19. The minimum atomic E-state index is -0.675. The van der Waals surface area contributed by atoms with Crippen LogP contribution in [-0.4, -0.2) is 42.3 Å². The largest absolute Gasteiger partial charge is 0.490 e. The molecule has 166 valence electrons. The molecule has 0 spiro atoms. The molecule has 32 heavy (non-hydrogen) atoms. The van der Waals surface area contributed by atoms with Crippen LogP contribution in [0.2, 0.25) is 0 Å². The van der Waals surface area contributed by atoms with Crippen LogP contribution < -0.4 is 9.47 Å². The van der Waals surface area contributed by atoms with Crippen LogP contribution in [0, 0.1) is 13.8 Å². The van der Waals surface area contributed by atoms with Gasteiger partial charge >= 0.3 is 5.97 Å². The van der Waals surface area contributed by atoms with Crippen molar-refractivity contribution < 1.29 is 28.6 Å². The summed E-state index contributed by atoms with van der Waals surface area (Å²) in [6.07, 6.45) is 0. The maximum absolute atomic E-state index is 12.6. The maximum atomic E-state index is 12.6. The molecule has 0 aliphatic heterocycles. The number of ether oxygens (including phenoxy) is 3. The summed E-state index contributed by atoms with van der Waals surface area (Å²) in [5.41, 5.74) is 2.13. The quantitative estimate of drug-likeness (QED) is 0.289. The number of carbonyl (C=O) groups excluding carboxylic acids is 3. The Balaban J connectivity index is 1.58. The third-order valence-corrected chi connectivity index (χ3v) is 4.86. The van der Waals surface area contributed by atoms with E-state index in [0.717, 1.165) is 5.75 Å². The number of aryl methyl sites for hydroxylation is 1. The number of hydrogen-bond acceptors (Lipinski definition) is 6. The van der Waals surface area contributed by atoms with Gasteiger partial charge in [0.05, 0.1) is 5.69 Å². The van der Waals surface area contributed by atoms with Gasteiger partial charge in [0.1, 0.15) is 30.3 Å². The number of aromatic amines is 1. The van der Waals surface area contributed by atoms with E-state index in [-0.39, 0.29) is 23.6 Å². The lowest BCUT2D eigenvalue weighted by molar-refractivity contribution is 0.0468. The maximum Gasteiger partial charge on any atom is 0.342 e. The summed E-state index contributed by atoms with van der Waals surface area (Å²) >= 11 is 0. The van der Waals surface area contributed by atoms with Crippen molar-refractivity contribution in [1.29, 1.82) is 0 Å². The summed E-state index contributed by atoms with van der Waals surface area (Å²) in [4.78, 5) is 39.8. The summed E-state index contributed by atoms with van der Waals surface area (Å²) in [6.45, 7) is 4.93. The molecule has 0 unspecified atom stereocenters. The zero-order chi connectivity index (χ0) is 23.1. The van der Waals surface area contributed by atoms with Gasteiger partial charge in [0.2, 0.25) is 5.78 Å². The van der Waals surface area contributed by atoms with Crippen LogP contribution in [0.5, 0.6) is 11.5 Å². The summed E-state index contributed by atoms with van der Waals surface area (Å²) < 4.78 is 16.5. The van der Waals surface area contributed by atoms with Crippen molar-refractivity contribution in [3.8, 4) is 11.5 Å². The molecule has 2 aromatic carbocycles. The van der Waals surface area contributed by atoms with Gasteiger partial charge in [-0.25, -0.2) is 4.79 Å². The molecule has 1 aromatic heterocycles. The normalized spacial score (nSPS) is 10.5. The van der Waals surface area contributed by atoms with Gasteiger partial charge in [-0.2, -0.15) is 0 Å². The molecular weight excluding hydrogens is 410 g/mol. The third-order valence-electron chi connectivity index (χ3n) is 4.86. The number of ketones is 2. The van der Waals surface area contributed by atoms with E-state index in [1.165, 1.54) is 6.92 Å². The van der Waals surface area contributed by atoms with Gasteiger partial charge < -0.3 is 19.2 Å². The molecular formula is C25H25NO6. The van der Waals surface area contributed by atoms with E-state index in [1.807, 2.05) is 30.3 Å². The summed E-state index contributed by atoms with van der Waals surface area (Å²) in [5, 5.41) is 0. The second-order valence-corrected chi connectivity index (χ2v) is 7.19. The minimum Gasteiger partial charge on any atom is -0.490 e. The Morgan fingerprint density at radius 3 is 2.22 bits per heavy atom. The van der Waals surface area contributed by atoms with Gasteiger partial charge in [-0.1, -0.05) is 30.3 Å². The molecule has 0 saturated carbocycles. The Hall–Kier alpha value is -3.87. The smallest absolute Gasteiger partial charge is 0.342 e. The average Bonchev–Trinajstić information content (AvgIpc) is 3.10. The molecule has 1 N–H and O–H groups in total. The van der Waals surface area contributed by atoms with Crippen LogP contribution in [0.25, 0.3) is 0 Å². The number of H-pyrrole nitrogens is 1. The third kappa shape index (κ3) is 5.43. The van der Waals surface area contributed by atoms with Crippen molar-refractivity contribution in [3.05, 3.63) is 82.7 Å². The molecule has 0 atom stereocenters. The molecule has 1 heterocycles. The SMILES string of the molecule is CC(=O)c1c(C)[nH]c(C(=O)COC(=O)c2ccccc2OCCOc2ccccc2)c1C. The molecule has 0 amide bonds. The number of Topliss-reactive ketones (excluding diaryl/α,β-unsaturated/α-hetero) is 2. The van der Waals surface area contributed by atoms with Gasteiger partial charge in [0.25, 0.3) is 0 Å². The molecule has 7 heteroatoms. The molecule has 0 aliphatic carbocycles. The second kappa shape index (κ2) is 10.4. The van der Waals surface area contributed by atoms with Crippen LogP contribution in [0.4, 0.5) is 0 Å². The van der Waals surface area contributed by atoms with E-state index in [9.17, 15) is 14.4 Å². The molecule has 7 nitrogen and oxygen atoms in total. The minimum absolute atomic E-state index is 0.130. The average molecular weight is 435 g/mol. The summed E-state index contributed by atoms with van der Waals surface area (Å²) in [6, 6.07) is 16.0. The number of hydrogen-bond donors (Lipinski definition) is 1. The lowest BCUT2D eigenvalue weighted by atomic mass is 10.1. The van der Waals surface area contributed by atoms with E-state index in [1.54, 1.807) is 38.1 Å². The first-order valence-corrected chi connectivity index (χ1v) is 10.2. The van der Waals surface area contributed by atoms with Crippen molar-refractivity contribution in [2.24, 2.45) is 0 Å². The first-order valence-electron chi connectivity index (χ1n) is 10.2. The van der Waals surface area contributed by atoms with Crippen LogP contribution in [0.1, 0.15) is 49.4 Å². The number of rotatable bonds is 10. The highest BCUT2D eigenvalue weighted by molar-refractivity contribution is 6.04. The number of esters is 1. The first kappa shape index (κ1) is 22.8. The Kier molecular flexibility index (Phi) is 7.44. The van der Waals surface area contributed by atoms with Crippen LogP contribution in [-0.2, 0) is 4.74 Å². The zero-order valence-electron chi connectivity index (χ0n) is 18.3. The monoisotopic (exact) mass is 435 g/mol. The van der Waals surface area contributed by atoms with Crippen LogP contribution >= 0.6 is 0 Å². The zero-order valence-corrected chi connectivity index (χ0v) is 18.3.